The van der Waals surface area contributed by atoms with E-state index in [4.69, 9.17) is 0 Å². The monoisotopic (exact) mass is 278 g/mol. The Morgan fingerprint density at radius 3 is 3.15 bits per heavy atom. The van der Waals surface area contributed by atoms with Crippen molar-refractivity contribution in [1.82, 2.24) is 20.4 Å². The van der Waals surface area contributed by atoms with Gasteiger partial charge >= 0.3 is 0 Å². The molecule has 0 bridgehead atoms. The van der Waals surface area contributed by atoms with E-state index in [1.165, 1.54) is 12.8 Å². The first-order chi connectivity index (χ1) is 9.65. The lowest BCUT2D eigenvalue weighted by molar-refractivity contribution is -0.122. The highest BCUT2D eigenvalue weighted by molar-refractivity contribution is 5.76. The molecule has 112 valence electrons. The SMILES string of the molecule is Cc1cnn(CCNC(=O)CC(C)C2CCCNC2)c1. The molecule has 1 aromatic rings. The van der Waals surface area contributed by atoms with E-state index in [-0.39, 0.29) is 5.91 Å². The van der Waals surface area contributed by atoms with Crippen molar-refractivity contribution in [3.05, 3.63) is 18.0 Å². The van der Waals surface area contributed by atoms with Gasteiger partial charge in [0.25, 0.3) is 0 Å². The summed E-state index contributed by atoms with van der Waals surface area (Å²) in [5.41, 5.74) is 1.15. The van der Waals surface area contributed by atoms with Crippen LogP contribution in [0.3, 0.4) is 0 Å². The van der Waals surface area contributed by atoms with Gasteiger partial charge in [-0.05, 0) is 50.3 Å². The molecule has 5 heteroatoms. The minimum Gasteiger partial charge on any atom is -0.354 e. The molecule has 0 aliphatic carbocycles. The van der Waals surface area contributed by atoms with Crippen LogP contribution >= 0.6 is 0 Å². The zero-order chi connectivity index (χ0) is 14.4. The third-order valence-corrected chi connectivity index (χ3v) is 4.07. The molecule has 1 aliphatic heterocycles. The first kappa shape index (κ1) is 15.0. The van der Waals surface area contributed by atoms with Crippen LogP contribution in [0.5, 0.6) is 0 Å². The Balaban J connectivity index is 1.64. The molecule has 2 rings (SSSR count). The van der Waals surface area contributed by atoms with Gasteiger partial charge in [0.2, 0.25) is 5.91 Å². The van der Waals surface area contributed by atoms with E-state index in [0.717, 1.165) is 25.2 Å². The second kappa shape index (κ2) is 7.43. The Bertz CT molecular complexity index is 423. The summed E-state index contributed by atoms with van der Waals surface area (Å²) in [6, 6.07) is 0. The molecule has 1 fully saturated rings. The number of nitrogens with zero attached hydrogens (tertiary/aromatic N) is 2. The van der Waals surface area contributed by atoms with E-state index in [1.54, 1.807) is 0 Å². The Morgan fingerprint density at radius 2 is 2.50 bits per heavy atom. The second-order valence-corrected chi connectivity index (χ2v) is 5.92. The van der Waals surface area contributed by atoms with Crippen LogP contribution in [0.25, 0.3) is 0 Å². The number of amides is 1. The van der Waals surface area contributed by atoms with Gasteiger partial charge in [-0.3, -0.25) is 9.48 Å². The largest absolute Gasteiger partial charge is 0.354 e. The number of rotatable bonds is 6. The number of hydrogen-bond acceptors (Lipinski definition) is 3. The van der Waals surface area contributed by atoms with E-state index < -0.39 is 0 Å². The van der Waals surface area contributed by atoms with E-state index >= 15 is 0 Å². The molecule has 20 heavy (non-hydrogen) atoms. The average molecular weight is 278 g/mol. The number of aryl methyl sites for hydroxylation is 1. The van der Waals surface area contributed by atoms with Crippen LogP contribution in [-0.4, -0.2) is 35.3 Å². The summed E-state index contributed by atoms with van der Waals surface area (Å²) in [6.45, 7) is 7.77. The highest BCUT2D eigenvalue weighted by Gasteiger charge is 2.21. The van der Waals surface area contributed by atoms with E-state index in [9.17, 15) is 4.79 Å². The van der Waals surface area contributed by atoms with E-state index in [2.05, 4.69) is 22.7 Å². The topological polar surface area (TPSA) is 59.0 Å². The predicted octanol–water partition coefficient (Wildman–Crippen LogP) is 1.33. The van der Waals surface area contributed by atoms with Crippen molar-refractivity contribution in [3.63, 3.8) is 0 Å². The molecule has 0 radical (unpaired) electrons. The number of carbonyl (C=O) groups is 1. The average Bonchev–Trinajstić information content (AvgIpc) is 2.85. The molecule has 2 atom stereocenters. The molecule has 0 spiro atoms. The van der Waals surface area contributed by atoms with Gasteiger partial charge in [0, 0.05) is 19.2 Å². The molecule has 1 saturated heterocycles. The van der Waals surface area contributed by atoms with Gasteiger partial charge in [-0.15, -0.1) is 0 Å². The van der Waals surface area contributed by atoms with Crippen molar-refractivity contribution < 1.29 is 4.79 Å². The molecule has 1 aliphatic rings. The van der Waals surface area contributed by atoms with Crippen molar-refractivity contribution in [2.24, 2.45) is 11.8 Å². The van der Waals surface area contributed by atoms with Crippen molar-refractivity contribution in [3.8, 4) is 0 Å². The summed E-state index contributed by atoms with van der Waals surface area (Å²) in [7, 11) is 0. The van der Waals surface area contributed by atoms with E-state index in [0.29, 0.717) is 24.8 Å². The molecule has 2 heterocycles. The third kappa shape index (κ3) is 4.63. The first-order valence-electron chi connectivity index (χ1n) is 7.61. The molecule has 0 aromatic carbocycles. The highest BCUT2D eigenvalue weighted by Crippen LogP contribution is 2.22. The molecule has 1 aromatic heterocycles. The first-order valence-corrected chi connectivity index (χ1v) is 7.61. The van der Waals surface area contributed by atoms with Crippen molar-refractivity contribution >= 4 is 5.91 Å². The quantitative estimate of drug-likeness (QED) is 0.825. The van der Waals surface area contributed by atoms with Crippen LogP contribution in [-0.2, 0) is 11.3 Å². The summed E-state index contributed by atoms with van der Waals surface area (Å²) in [6.07, 6.45) is 6.93. The minimum absolute atomic E-state index is 0.159. The second-order valence-electron chi connectivity index (χ2n) is 5.92. The molecule has 0 saturated carbocycles. The summed E-state index contributed by atoms with van der Waals surface area (Å²) in [5, 5.41) is 10.6. The summed E-state index contributed by atoms with van der Waals surface area (Å²) in [4.78, 5) is 11.9. The van der Waals surface area contributed by atoms with Gasteiger partial charge in [0.1, 0.15) is 0 Å². The Kier molecular flexibility index (Phi) is 5.59. The normalized spacial score (nSPS) is 20.6. The molecular weight excluding hydrogens is 252 g/mol. The van der Waals surface area contributed by atoms with Gasteiger partial charge in [-0.1, -0.05) is 6.92 Å². The van der Waals surface area contributed by atoms with Crippen molar-refractivity contribution in [2.75, 3.05) is 19.6 Å². The summed E-state index contributed by atoms with van der Waals surface area (Å²) >= 11 is 0. The van der Waals surface area contributed by atoms with Gasteiger partial charge in [0.05, 0.1) is 12.7 Å². The van der Waals surface area contributed by atoms with E-state index in [1.807, 2.05) is 24.0 Å². The smallest absolute Gasteiger partial charge is 0.220 e. The van der Waals surface area contributed by atoms with Gasteiger partial charge < -0.3 is 10.6 Å². The molecular formula is C15H26N4O. The van der Waals surface area contributed by atoms with Crippen LogP contribution in [0.4, 0.5) is 0 Å². The predicted molar refractivity (Wildman–Crippen MR) is 79.3 cm³/mol. The van der Waals surface area contributed by atoms with Crippen molar-refractivity contribution in [1.29, 1.82) is 0 Å². The van der Waals surface area contributed by atoms with Crippen LogP contribution in [0.2, 0.25) is 0 Å². The lowest BCUT2D eigenvalue weighted by atomic mass is 9.85. The fourth-order valence-corrected chi connectivity index (χ4v) is 2.79. The molecule has 5 nitrogen and oxygen atoms in total. The van der Waals surface area contributed by atoms with Crippen LogP contribution in [0, 0.1) is 18.8 Å². The van der Waals surface area contributed by atoms with Crippen LogP contribution in [0.15, 0.2) is 12.4 Å². The number of nitrogens with one attached hydrogen (secondary N) is 2. The number of hydrogen-bond donors (Lipinski definition) is 2. The third-order valence-electron chi connectivity index (χ3n) is 4.07. The number of aromatic nitrogens is 2. The lowest BCUT2D eigenvalue weighted by Gasteiger charge is -2.28. The maximum Gasteiger partial charge on any atom is 0.220 e. The van der Waals surface area contributed by atoms with Crippen LogP contribution in [0.1, 0.15) is 31.7 Å². The maximum atomic E-state index is 11.9. The zero-order valence-corrected chi connectivity index (χ0v) is 12.6. The van der Waals surface area contributed by atoms with Crippen LogP contribution < -0.4 is 10.6 Å². The summed E-state index contributed by atoms with van der Waals surface area (Å²) in [5.74, 6) is 1.25. The molecule has 1 amide bonds. The molecule has 2 N–H and O–H groups in total. The molecule has 2 unspecified atom stereocenters. The fourth-order valence-electron chi connectivity index (χ4n) is 2.79. The lowest BCUT2D eigenvalue weighted by Crippen LogP contribution is -2.36. The Hall–Kier alpha value is -1.36. The number of carbonyl (C=O) groups excluding carboxylic acids is 1. The summed E-state index contributed by atoms with van der Waals surface area (Å²) < 4.78 is 1.87. The highest BCUT2D eigenvalue weighted by atomic mass is 16.1. The fraction of sp³-hybridized carbons (Fsp3) is 0.733. The van der Waals surface area contributed by atoms with Gasteiger partial charge in [-0.2, -0.15) is 5.10 Å². The Morgan fingerprint density at radius 1 is 1.65 bits per heavy atom. The standard InChI is InChI=1S/C15H26N4O/c1-12-9-18-19(11-12)7-6-17-15(20)8-13(2)14-4-3-5-16-10-14/h9,11,13-14,16H,3-8,10H2,1-2H3,(H,17,20). The minimum atomic E-state index is 0.159. The maximum absolute atomic E-state index is 11.9. The number of piperidine rings is 1. The van der Waals surface area contributed by atoms with Gasteiger partial charge in [0.15, 0.2) is 0 Å². The zero-order valence-electron chi connectivity index (χ0n) is 12.6. The Labute approximate surface area is 121 Å². The van der Waals surface area contributed by atoms with Crippen molar-refractivity contribution in [2.45, 2.75) is 39.7 Å². The van der Waals surface area contributed by atoms with Gasteiger partial charge in [-0.25, -0.2) is 0 Å².